The third-order valence-electron chi connectivity index (χ3n) is 3.44. The van der Waals surface area contributed by atoms with Crippen LogP contribution in [0.2, 0.25) is 0 Å². The normalized spacial score (nSPS) is 37.1. The molecule has 0 aromatic carbocycles. The molecule has 0 radical (unpaired) electrons. The van der Waals surface area contributed by atoms with Gasteiger partial charge in [-0.05, 0) is 18.8 Å². The first-order valence-electron chi connectivity index (χ1n) is 5.30. The molecular weight excluding hydrogens is 180 g/mol. The summed E-state index contributed by atoms with van der Waals surface area (Å²) in [4.78, 5) is 22.7. The van der Waals surface area contributed by atoms with Crippen LogP contribution in [0.1, 0.15) is 39.0 Å². The van der Waals surface area contributed by atoms with Crippen molar-refractivity contribution in [3.8, 4) is 0 Å². The van der Waals surface area contributed by atoms with Crippen LogP contribution in [0, 0.1) is 5.92 Å². The molecule has 1 spiro atoms. The summed E-state index contributed by atoms with van der Waals surface area (Å²) in [5.74, 6) is 0.452. The molecule has 0 bridgehead atoms. The van der Waals surface area contributed by atoms with Crippen LogP contribution in [0.15, 0.2) is 0 Å². The zero-order valence-corrected chi connectivity index (χ0v) is 8.43. The van der Waals surface area contributed by atoms with Crippen molar-refractivity contribution >= 4 is 11.9 Å². The van der Waals surface area contributed by atoms with E-state index in [-0.39, 0.29) is 11.9 Å². The first-order chi connectivity index (χ1) is 6.66. The Balaban J connectivity index is 2.15. The third kappa shape index (κ3) is 1.38. The fourth-order valence-electron chi connectivity index (χ4n) is 2.59. The van der Waals surface area contributed by atoms with Gasteiger partial charge in [-0.3, -0.25) is 10.1 Å². The highest BCUT2D eigenvalue weighted by Crippen LogP contribution is 2.35. The van der Waals surface area contributed by atoms with Gasteiger partial charge in [-0.2, -0.15) is 0 Å². The molecule has 0 aromatic heterocycles. The fourth-order valence-corrected chi connectivity index (χ4v) is 2.59. The molecule has 1 aliphatic heterocycles. The van der Waals surface area contributed by atoms with Gasteiger partial charge in [-0.15, -0.1) is 0 Å². The second kappa shape index (κ2) is 3.26. The molecule has 2 aliphatic rings. The van der Waals surface area contributed by atoms with Gasteiger partial charge in [0.2, 0.25) is 0 Å². The van der Waals surface area contributed by atoms with Crippen molar-refractivity contribution in [2.45, 2.75) is 44.6 Å². The molecule has 78 valence electrons. The van der Waals surface area contributed by atoms with Crippen LogP contribution < -0.4 is 10.6 Å². The molecule has 3 amide bonds. The Hall–Kier alpha value is -1.06. The van der Waals surface area contributed by atoms with Crippen LogP contribution in [0.4, 0.5) is 4.79 Å². The Labute approximate surface area is 83.4 Å². The molecule has 14 heavy (non-hydrogen) atoms. The van der Waals surface area contributed by atoms with Crippen LogP contribution in [-0.2, 0) is 4.79 Å². The van der Waals surface area contributed by atoms with Crippen LogP contribution in [0.5, 0.6) is 0 Å². The van der Waals surface area contributed by atoms with E-state index in [1.807, 2.05) is 0 Å². The van der Waals surface area contributed by atoms with Crippen LogP contribution in [0.25, 0.3) is 0 Å². The van der Waals surface area contributed by atoms with E-state index in [4.69, 9.17) is 0 Å². The lowest BCUT2D eigenvalue weighted by Crippen LogP contribution is -2.50. The predicted molar refractivity (Wildman–Crippen MR) is 51.7 cm³/mol. The molecule has 2 fully saturated rings. The first-order valence-corrected chi connectivity index (χ1v) is 5.30. The van der Waals surface area contributed by atoms with Gasteiger partial charge in [-0.1, -0.05) is 26.2 Å². The first kappa shape index (κ1) is 9.49. The van der Waals surface area contributed by atoms with Gasteiger partial charge >= 0.3 is 6.03 Å². The summed E-state index contributed by atoms with van der Waals surface area (Å²) in [5.41, 5.74) is -0.573. The van der Waals surface area contributed by atoms with E-state index >= 15 is 0 Å². The number of nitrogens with one attached hydrogen (secondary N) is 2. The Bertz CT molecular complexity index is 277. The van der Waals surface area contributed by atoms with E-state index in [2.05, 4.69) is 17.6 Å². The molecule has 4 heteroatoms. The minimum Gasteiger partial charge on any atom is -0.323 e. The highest BCUT2D eigenvalue weighted by atomic mass is 16.2. The number of carbonyl (C=O) groups excluding carboxylic acids is 2. The molecule has 1 saturated carbocycles. The van der Waals surface area contributed by atoms with Crippen molar-refractivity contribution in [3.05, 3.63) is 0 Å². The van der Waals surface area contributed by atoms with Gasteiger partial charge in [0, 0.05) is 0 Å². The molecule has 2 rings (SSSR count). The van der Waals surface area contributed by atoms with Crippen molar-refractivity contribution in [2.75, 3.05) is 0 Å². The van der Waals surface area contributed by atoms with Crippen LogP contribution in [0.3, 0.4) is 0 Å². The summed E-state index contributed by atoms with van der Waals surface area (Å²) in [5, 5.41) is 5.12. The van der Waals surface area contributed by atoms with E-state index in [0.29, 0.717) is 5.92 Å². The van der Waals surface area contributed by atoms with Gasteiger partial charge in [0.15, 0.2) is 0 Å². The summed E-state index contributed by atoms with van der Waals surface area (Å²) in [6, 6.07) is -0.327. The summed E-state index contributed by atoms with van der Waals surface area (Å²) in [6.07, 6.45) is 4.90. The van der Waals surface area contributed by atoms with Crippen molar-refractivity contribution < 1.29 is 9.59 Å². The van der Waals surface area contributed by atoms with E-state index in [0.717, 1.165) is 25.7 Å². The number of hydrogen-bond donors (Lipinski definition) is 2. The van der Waals surface area contributed by atoms with Crippen LogP contribution >= 0.6 is 0 Å². The number of rotatable bonds is 1. The predicted octanol–water partition coefficient (Wildman–Crippen LogP) is 1.16. The Morgan fingerprint density at radius 3 is 2.86 bits per heavy atom. The molecule has 1 heterocycles. The third-order valence-corrected chi connectivity index (χ3v) is 3.44. The number of amides is 3. The average molecular weight is 196 g/mol. The van der Waals surface area contributed by atoms with E-state index in [1.54, 1.807) is 0 Å². The molecule has 2 unspecified atom stereocenters. The summed E-state index contributed by atoms with van der Waals surface area (Å²) < 4.78 is 0. The minimum absolute atomic E-state index is 0.124. The average Bonchev–Trinajstić information content (AvgIpc) is 2.42. The molecule has 0 aromatic rings. The number of urea groups is 1. The highest BCUT2D eigenvalue weighted by molar-refractivity contribution is 6.07. The maximum atomic E-state index is 11.6. The number of hydrogen-bond acceptors (Lipinski definition) is 2. The molecule has 1 aliphatic carbocycles. The van der Waals surface area contributed by atoms with E-state index < -0.39 is 5.54 Å². The largest absolute Gasteiger partial charge is 0.323 e. The lowest BCUT2D eigenvalue weighted by molar-refractivity contribution is -0.125. The quantitative estimate of drug-likeness (QED) is 0.618. The Kier molecular flexibility index (Phi) is 2.21. The summed E-state index contributed by atoms with van der Waals surface area (Å²) >= 11 is 0. The maximum Gasteiger partial charge on any atom is 0.322 e. The van der Waals surface area contributed by atoms with Gasteiger partial charge in [0.1, 0.15) is 5.54 Å². The van der Waals surface area contributed by atoms with Crippen molar-refractivity contribution in [2.24, 2.45) is 5.92 Å². The molecule has 2 atom stereocenters. The van der Waals surface area contributed by atoms with E-state index in [1.165, 1.54) is 6.42 Å². The smallest absolute Gasteiger partial charge is 0.322 e. The molecule has 4 nitrogen and oxygen atoms in total. The maximum absolute atomic E-state index is 11.6. The zero-order chi connectivity index (χ0) is 10.2. The second-order valence-electron chi connectivity index (χ2n) is 4.36. The summed E-state index contributed by atoms with van der Waals surface area (Å²) in [6.45, 7) is 2.14. The molecular formula is C10H16N2O2. The van der Waals surface area contributed by atoms with Gasteiger partial charge in [0.05, 0.1) is 0 Å². The SMILES string of the molecule is CCC1CCCC2(C1)NC(=O)NC2=O. The van der Waals surface area contributed by atoms with Gasteiger partial charge in [0.25, 0.3) is 5.91 Å². The number of imide groups is 1. The highest BCUT2D eigenvalue weighted by Gasteiger charge is 2.48. The molecule has 2 N–H and O–H groups in total. The van der Waals surface area contributed by atoms with Gasteiger partial charge < -0.3 is 5.32 Å². The van der Waals surface area contributed by atoms with Crippen molar-refractivity contribution in [1.29, 1.82) is 0 Å². The minimum atomic E-state index is -0.573. The second-order valence-corrected chi connectivity index (χ2v) is 4.36. The lowest BCUT2D eigenvalue weighted by Gasteiger charge is -2.34. The van der Waals surface area contributed by atoms with E-state index in [9.17, 15) is 9.59 Å². The van der Waals surface area contributed by atoms with Crippen molar-refractivity contribution in [3.63, 3.8) is 0 Å². The Morgan fingerprint density at radius 2 is 2.29 bits per heavy atom. The van der Waals surface area contributed by atoms with Crippen LogP contribution in [-0.4, -0.2) is 17.5 Å². The topological polar surface area (TPSA) is 58.2 Å². The summed E-state index contributed by atoms with van der Waals surface area (Å²) in [7, 11) is 0. The zero-order valence-electron chi connectivity index (χ0n) is 8.43. The fraction of sp³-hybridized carbons (Fsp3) is 0.800. The standard InChI is InChI=1S/C10H16N2O2/c1-2-7-4-3-5-10(6-7)8(13)11-9(14)12-10/h7H,2-6H2,1H3,(H2,11,12,13,14). The lowest BCUT2D eigenvalue weighted by atomic mass is 9.75. The van der Waals surface area contributed by atoms with Gasteiger partial charge in [-0.25, -0.2) is 4.79 Å². The Morgan fingerprint density at radius 1 is 1.50 bits per heavy atom. The molecule has 1 saturated heterocycles. The number of carbonyl (C=O) groups is 2. The monoisotopic (exact) mass is 196 g/mol. The van der Waals surface area contributed by atoms with Crippen molar-refractivity contribution in [1.82, 2.24) is 10.6 Å².